The first kappa shape index (κ1) is 17.4. The highest BCUT2D eigenvalue weighted by Crippen LogP contribution is 2.29. The van der Waals surface area contributed by atoms with E-state index in [2.05, 4.69) is 29.1 Å². The smallest absolute Gasteiger partial charge is 0.262 e. The quantitative estimate of drug-likeness (QED) is 0.429. The molecule has 0 aliphatic rings. The second-order valence-electron chi connectivity index (χ2n) is 7.26. The minimum absolute atomic E-state index is 0.0851. The van der Waals surface area contributed by atoms with Gasteiger partial charge < -0.3 is 10.3 Å². The SMILES string of the molecule is CC(C)CC(NC(=O)c1cc2c(nc3sccn32)s1)c1nc2ccccc2[nH]1. The van der Waals surface area contributed by atoms with Crippen LogP contribution in [0.3, 0.4) is 0 Å². The topological polar surface area (TPSA) is 75.1 Å². The van der Waals surface area contributed by atoms with Crippen LogP contribution < -0.4 is 5.32 Å². The highest BCUT2D eigenvalue weighted by molar-refractivity contribution is 7.21. The van der Waals surface area contributed by atoms with E-state index in [1.165, 1.54) is 11.3 Å². The number of imidazole rings is 2. The summed E-state index contributed by atoms with van der Waals surface area (Å²) in [5.74, 6) is 1.13. The van der Waals surface area contributed by atoms with Crippen LogP contribution in [-0.2, 0) is 0 Å². The Labute approximate surface area is 169 Å². The third kappa shape index (κ3) is 2.98. The Morgan fingerprint density at radius 3 is 2.96 bits per heavy atom. The minimum atomic E-state index is -0.168. The lowest BCUT2D eigenvalue weighted by Crippen LogP contribution is -2.29. The first-order valence-corrected chi connectivity index (χ1v) is 10.9. The largest absolute Gasteiger partial charge is 0.341 e. The molecule has 0 saturated carbocycles. The van der Waals surface area contributed by atoms with Crippen molar-refractivity contribution in [2.75, 3.05) is 0 Å². The predicted molar refractivity (Wildman–Crippen MR) is 114 cm³/mol. The van der Waals surface area contributed by atoms with Gasteiger partial charge in [0.2, 0.25) is 0 Å². The number of carbonyl (C=O) groups excluding carboxylic acids is 1. The molecule has 8 heteroatoms. The van der Waals surface area contributed by atoms with Crippen LogP contribution in [0.1, 0.15) is 41.8 Å². The van der Waals surface area contributed by atoms with E-state index in [9.17, 15) is 4.79 Å². The van der Waals surface area contributed by atoms with Gasteiger partial charge in [-0.3, -0.25) is 9.20 Å². The monoisotopic (exact) mass is 409 g/mol. The standard InChI is InChI=1S/C20H19N5OS2/c1-11(2)9-14(17-21-12-5-3-4-6-13(12)22-17)23-18(26)16-10-15-19(28-16)24-20-25(15)7-8-27-20/h3-8,10-11,14H,9H2,1-2H3,(H,21,22)(H,23,26). The van der Waals surface area contributed by atoms with Crippen molar-refractivity contribution in [2.24, 2.45) is 5.92 Å². The number of para-hydroxylation sites is 2. The molecule has 5 rings (SSSR count). The molecule has 5 aromatic rings. The molecular formula is C20H19N5OS2. The van der Waals surface area contributed by atoms with Crippen molar-refractivity contribution in [1.82, 2.24) is 24.7 Å². The maximum absolute atomic E-state index is 13.0. The summed E-state index contributed by atoms with van der Waals surface area (Å²) in [4.78, 5) is 28.2. The average molecular weight is 410 g/mol. The summed E-state index contributed by atoms with van der Waals surface area (Å²) in [5.41, 5.74) is 2.88. The molecule has 4 aromatic heterocycles. The predicted octanol–water partition coefficient (Wildman–Crippen LogP) is 5.00. The fourth-order valence-corrected chi connectivity index (χ4v) is 5.14. The van der Waals surface area contributed by atoms with Gasteiger partial charge in [0, 0.05) is 11.6 Å². The lowest BCUT2D eigenvalue weighted by molar-refractivity contribution is 0.0934. The van der Waals surface area contributed by atoms with Gasteiger partial charge in [0.25, 0.3) is 5.91 Å². The van der Waals surface area contributed by atoms with Crippen LogP contribution >= 0.6 is 22.7 Å². The van der Waals surface area contributed by atoms with Gasteiger partial charge in [0.15, 0.2) is 4.96 Å². The number of hydrogen-bond donors (Lipinski definition) is 2. The van der Waals surface area contributed by atoms with Gasteiger partial charge in [-0.05, 0) is 30.5 Å². The number of carbonyl (C=O) groups is 1. The second kappa shape index (κ2) is 6.72. The number of fused-ring (bicyclic) bond motifs is 4. The number of rotatable bonds is 5. The molecule has 1 unspecified atom stereocenters. The summed E-state index contributed by atoms with van der Waals surface area (Å²) in [6.07, 6.45) is 2.80. The molecular weight excluding hydrogens is 390 g/mol. The number of benzene rings is 1. The fourth-order valence-electron chi connectivity index (χ4n) is 3.44. The number of hydrogen-bond acceptors (Lipinski definition) is 5. The summed E-state index contributed by atoms with van der Waals surface area (Å²) < 4.78 is 2.03. The van der Waals surface area contributed by atoms with Crippen LogP contribution in [0.25, 0.3) is 26.3 Å². The Bertz CT molecular complexity index is 1260. The molecule has 0 bridgehead atoms. The maximum Gasteiger partial charge on any atom is 0.262 e. The van der Waals surface area contributed by atoms with E-state index in [1.54, 1.807) is 11.3 Å². The number of nitrogens with zero attached hydrogens (tertiary/aromatic N) is 3. The Hall–Kier alpha value is -2.71. The highest BCUT2D eigenvalue weighted by Gasteiger charge is 2.22. The maximum atomic E-state index is 13.0. The van der Waals surface area contributed by atoms with E-state index in [0.717, 1.165) is 38.6 Å². The summed E-state index contributed by atoms with van der Waals surface area (Å²) in [6, 6.07) is 9.68. The van der Waals surface area contributed by atoms with E-state index in [1.807, 2.05) is 46.3 Å². The molecule has 0 radical (unpaired) electrons. The molecule has 2 N–H and O–H groups in total. The zero-order valence-corrected chi connectivity index (χ0v) is 17.1. The summed E-state index contributed by atoms with van der Waals surface area (Å²) in [6.45, 7) is 4.30. The Morgan fingerprint density at radius 1 is 1.29 bits per heavy atom. The van der Waals surface area contributed by atoms with Crippen LogP contribution in [0.5, 0.6) is 0 Å². The number of aromatic nitrogens is 4. The molecule has 4 heterocycles. The first-order chi connectivity index (χ1) is 13.6. The van der Waals surface area contributed by atoms with Crippen molar-refractivity contribution in [3.05, 3.63) is 52.6 Å². The van der Waals surface area contributed by atoms with Gasteiger partial charge in [-0.15, -0.1) is 22.7 Å². The summed E-state index contributed by atoms with van der Waals surface area (Å²) in [5, 5.41) is 5.18. The van der Waals surface area contributed by atoms with Gasteiger partial charge in [-0.1, -0.05) is 26.0 Å². The third-order valence-electron chi connectivity index (χ3n) is 4.71. The second-order valence-corrected chi connectivity index (χ2v) is 9.17. The van der Waals surface area contributed by atoms with Gasteiger partial charge >= 0.3 is 0 Å². The highest BCUT2D eigenvalue weighted by atomic mass is 32.1. The lowest BCUT2D eigenvalue weighted by atomic mass is 10.0. The molecule has 1 amide bonds. The minimum Gasteiger partial charge on any atom is -0.341 e. The molecule has 1 atom stereocenters. The number of amides is 1. The molecule has 6 nitrogen and oxygen atoms in total. The first-order valence-electron chi connectivity index (χ1n) is 9.19. The van der Waals surface area contributed by atoms with E-state index in [0.29, 0.717) is 10.8 Å². The number of H-pyrrole nitrogens is 1. The van der Waals surface area contributed by atoms with Crippen molar-refractivity contribution < 1.29 is 4.79 Å². The Kier molecular flexibility index (Phi) is 4.17. The molecule has 0 aliphatic heterocycles. The van der Waals surface area contributed by atoms with E-state index in [-0.39, 0.29) is 11.9 Å². The van der Waals surface area contributed by atoms with Crippen LogP contribution in [0.4, 0.5) is 0 Å². The number of thiazole rings is 1. The molecule has 0 aliphatic carbocycles. The van der Waals surface area contributed by atoms with Crippen LogP contribution in [-0.4, -0.2) is 25.3 Å². The van der Waals surface area contributed by atoms with Crippen LogP contribution in [0.15, 0.2) is 41.9 Å². The lowest BCUT2D eigenvalue weighted by Gasteiger charge is -2.18. The van der Waals surface area contributed by atoms with E-state index in [4.69, 9.17) is 4.98 Å². The number of aromatic amines is 1. The van der Waals surface area contributed by atoms with Crippen LogP contribution in [0, 0.1) is 5.92 Å². The van der Waals surface area contributed by atoms with Crippen LogP contribution in [0.2, 0.25) is 0 Å². The van der Waals surface area contributed by atoms with Gasteiger partial charge in [-0.25, -0.2) is 9.97 Å². The Balaban J connectivity index is 1.45. The molecule has 142 valence electrons. The van der Waals surface area contributed by atoms with E-state index < -0.39 is 0 Å². The van der Waals surface area contributed by atoms with Crippen molar-refractivity contribution in [2.45, 2.75) is 26.3 Å². The van der Waals surface area contributed by atoms with E-state index >= 15 is 0 Å². The average Bonchev–Trinajstić information content (AvgIpc) is 3.40. The summed E-state index contributed by atoms with van der Waals surface area (Å²) >= 11 is 3.02. The zero-order chi connectivity index (χ0) is 19.3. The fraction of sp³-hybridized carbons (Fsp3) is 0.250. The van der Waals surface area contributed by atoms with Crippen molar-refractivity contribution in [1.29, 1.82) is 0 Å². The Morgan fingerprint density at radius 2 is 2.14 bits per heavy atom. The van der Waals surface area contributed by atoms with Crippen molar-refractivity contribution in [3.63, 3.8) is 0 Å². The molecule has 0 fully saturated rings. The number of thiophene rings is 1. The summed E-state index contributed by atoms with van der Waals surface area (Å²) in [7, 11) is 0. The molecule has 0 spiro atoms. The molecule has 0 saturated heterocycles. The van der Waals surface area contributed by atoms with Gasteiger partial charge in [0.05, 0.1) is 27.5 Å². The third-order valence-corrected chi connectivity index (χ3v) is 6.49. The normalized spacial score (nSPS) is 13.1. The molecule has 1 aromatic carbocycles. The zero-order valence-electron chi connectivity index (χ0n) is 15.5. The molecule has 28 heavy (non-hydrogen) atoms. The van der Waals surface area contributed by atoms with Gasteiger partial charge in [-0.2, -0.15) is 0 Å². The van der Waals surface area contributed by atoms with Crippen molar-refractivity contribution in [3.8, 4) is 0 Å². The number of nitrogens with one attached hydrogen (secondary N) is 2. The van der Waals surface area contributed by atoms with Gasteiger partial charge in [0.1, 0.15) is 10.7 Å². The van der Waals surface area contributed by atoms with Crippen molar-refractivity contribution >= 4 is 54.9 Å².